The molecular formula is C13H15Cl2NO2. The van der Waals surface area contributed by atoms with Crippen LogP contribution in [0.2, 0.25) is 10.0 Å². The van der Waals surface area contributed by atoms with Gasteiger partial charge in [-0.15, -0.1) is 0 Å². The van der Waals surface area contributed by atoms with E-state index >= 15 is 0 Å². The predicted molar refractivity (Wildman–Crippen MR) is 72.1 cm³/mol. The van der Waals surface area contributed by atoms with Crippen molar-refractivity contribution < 1.29 is 9.90 Å². The van der Waals surface area contributed by atoms with Crippen molar-refractivity contribution in [1.82, 2.24) is 4.90 Å². The summed E-state index contributed by atoms with van der Waals surface area (Å²) in [7, 11) is 0. The monoisotopic (exact) mass is 287 g/mol. The molecule has 2 rings (SSSR count). The summed E-state index contributed by atoms with van der Waals surface area (Å²) in [6.07, 6.45) is 2.40. The van der Waals surface area contributed by atoms with Gasteiger partial charge in [-0.05, 0) is 25.0 Å². The van der Waals surface area contributed by atoms with Crippen LogP contribution in [0.1, 0.15) is 24.8 Å². The number of nitrogens with zero attached hydrogens (tertiary/aromatic N) is 1. The third kappa shape index (κ3) is 3.61. The zero-order valence-electron chi connectivity index (χ0n) is 9.90. The minimum absolute atomic E-state index is 0.151. The molecule has 1 saturated carbocycles. The van der Waals surface area contributed by atoms with Gasteiger partial charge in [0.25, 0.3) is 0 Å². The van der Waals surface area contributed by atoms with E-state index in [0.717, 1.165) is 18.4 Å². The summed E-state index contributed by atoms with van der Waals surface area (Å²) < 4.78 is 0. The number of hydrogen-bond donors (Lipinski definition) is 1. The molecule has 5 heteroatoms. The molecule has 1 aliphatic rings. The van der Waals surface area contributed by atoms with Gasteiger partial charge in [-0.2, -0.15) is 0 Å². The molecule has 0 heterocycles. The number of halogens is 2. The van der Waals surface area contributed by atoms with Crippen molar-refractivity contribution in [2.24, 2.45) is 0 Å². The van der Waals surface area contributed by atoms with Gasteiger partial charge in [0, 0.05) is 34.7 Å². The number of carboxylic acid groups (broad SMARTS) is 1. The van der Waals surface area contributed by atoms with Gasteiger partial charge >= 0.3 is 5.97 Å². The standard InChI is InChI=1S/C13H15Cl2NO2/c14-11-2-1-3-12(15)10(11)8-16(9-4-5-9)7-6-13(17)18/h1-3,9H,4-8H2,(H,17,18). The smallest absolute Gasteiger partial charge is 0.304 e. The van der Waals surface area contributed by atoms with Crippen LogP contribution in [0.15, 0.2) is 18.2 Å². The third-order valence-corrected chi connectivity index (χ3v) is 3.81. The molecule has 1 aliphatic carbocycles. The first kappa shape index (κ1) is 13.7. The van der Waals surface area contributed by atoms with Gasteiger partial charge in [-0.1, -0.05) is 29.3 Å². The highest BCUT2D eigenvalue weighted by molar-refractivity contribution is 6.35. The van der Waals surface area contributed by atoms with Crippen molar-refractivity contribution in [2.75, 3.05) is 6.54 Å². The van der Waals surface area contributed by atoms with Gasteiger partial charge in [-0.3, -0.25) is 9.69 Å². The van der Waals surface area contributed by atoms with Crippen LogP contribution in [0, 0.1) is 0 Å². The Balaban J connectivity index is 2.06. The van der Waals surface area contributed by atoms with Crippen LogP contribution in [0.5, 0.6) is 0 Å². The molecule has 18 heavy (non-hydrogen) atoms. The molecule has 98 valence electrons. The average molecular weight is 288 g/mol. The van der Waals surface area contributed by atoms with Crippen LogP contribution in [-0.2, 0) is 11.3 Å². The Kier molecular flexibility index (Phi) is 4.49. The molecule has 1 N–H and O–H groups in total. The first-order valence-electron chi connectivity index (χ1n) is 5.96. The molecule has 3 nitrogen and oxygen atoms in total. The van der Waals surface area contributed by atoms with Crippen molar-refractivity contribution in [2.45, 2.75) is 31.8 Å². The molecule has 0 amide bonds. The largest absolute Gasteiger partial charge is 0.481 e. The third-order valence-electron chi connectivity index (χ3n) is 3.10. The molecular weight excluding hydrogens is 273 g/mol. The fourth-order valence-corrected chi connectivity index (χ4v) is 2.47. The molecule has 0 aromatic heterocycles. The zero-order valence-corrected chi connectivity index (χ0v) is 11.4. The lowest BCUT2D eigenvalue weighted by Gasteiger charge is -2.22. The highest BCUT2D eigenvalue weighted by Crippen LogP contribution is 2.32. The van der Waals surface area contributed by atoms with Crippen LogP contribution >= 0.6 is 23.2 Å². The summed E-state index contributed by atoms with van der Waals surface area (Å²) in [4.78, 5) is 12.8. The van der Waals surface area contributed by atoms with E-state index in [0.29, 0.717) is 29.2 Å². The molecule has 1 aromatic rings. The van der Waals surface area contributed by atoms with Gasteiger partial charge in [0.15, 0.2) is 0 Å². The Morgan fingerprint density at radius 2 is 1.94 bits per heavy atom. The second-order valence-corrected chi connectivity index (χ2v) is 5.36. The second kappa shape index (κ2) is 5.91. The Morgan fingerprint density at radius 1 is 1.33 bits per heavy atom. The van der Waals surface area contributed by atoms with Crippen LogP contribution in [0.25, 0.3) is 0 Å². The number of benzene rings is 1. The van der Waals surface area contributed by atoms with E-state index in [9.17, 15) is 4.79 Å². The Morgan fingerprint density at radius 3 is 2.44 bits per heavy atom. The molecule has 1 aromatic carbocycles. The molecule has 0 unspecified atom stereocenters. The van der Waals surface area contributed by atoms with Crippen molar-refractivity contribution in [3.8, 4) is 0 Å². The first-order chi connectivity index (χ1) is 8.58. The first-order valence-corrected chi connectivity index (χ1v) is 6.72. The van der Waals surface area contributed by atoms with Gasteiger partial charge in [0.05, 0.1) is 6.42 Å². The lowest BCUT2D eigenvalue weighted by atomic mass is 10.2. The fraction of sp³-hybridized carbons (Fsp3) is 0.462. The molecule has 0 saturated heterocycles. The molecule has 0 aliphatic heterocycles. The summed E-state index contributed by atoms with van der Waals surface area (Å²) >= 11 is 12.3. The molecule has 0 spiro atoms. The van der Waals surface area contributed by atoms with Gasteiger partial charge in [-0.25, -0.2) is 0 Å². The van der Waals surface area contributed by atoms with Crippen molar-refractivity contribution >= 4 is 29.2 Å². The zero-order chi connectivity index (χ0) is 13.1. The minimum Gasteiger partial charge on any atom is -0.481 e. The van der Waals surface area contributed by atoms with Crippen molar-refractivity contribution in [3.63, 3.8) is 0 Å². The van der Waals surface area contributed by atoms with Gasteiger partial charge in [0.1, 0.15) is 0 Å². The van der Waals surface area contributed by atoms with E-state index in [1.165, 1.54) is 0 Å². The van der Waals surface area contributed by atoms with E-state index < -0.39 is 5.97 Å². The summed E-state index contributed by atoms with van der Waals surface area (Å²) in [5.74, 6) is -0.772. The number of aliphatic carboxylic acids is 1. The van der Waals surface area contributed by atoms with Crippen molar-refractivity contribution in [1.29, 1.82) is 0 Å². The van der Waals surface area contributed by atoms with Crippen LogP contribution in [-0.4, -0.2) is 28.6 Å². The van der Waals surface area contributed by atoms with E-state index in [2.05, 4.69) is 4.90 Å². The van der Waals surface area contributed by atoms with E-state index in [4.69, 9.17) is 28.3 Å². The minimum atomic E-state index is -0.772. The topological polar surface area (TPSA) is 40.5 Å². The molecule has 1 fully saturated rings. The van der Waals surface area contributed by atoms with Gasteiger partial charge in [0.2, 0.25) is 0 Å². The summed E-state index contributed by atoms with van der Waals surface area (Å²) in [6, 6.07) is 5.92. The summed E-state index contributed by atoms with van der Waals surface area (Å²) in [5, 5.41) is 10.0. The molecule has 0 radical (unpaired) electrons. The average Bonchev–Trinajstić information content (AvgIpc) is 3.11. The van der Waals surface area contributed by atoms with E-state index in [-0.39, 0.29) is 6.42 Å². The van der Waals surface area contributed by atoms with Crippen LogP contribution in [0.3, 0.4) is 0 Å². The van der Waals surface area contributed by atoms with Crippen molar-refractivity contribution in [3.05, 3.63) is 33.8 Å². The lowest BCUT2D eigenvalue weighted by Crippen LogP contribution is -2.28. The van der Waals surface area contributed by atoms with Gasteiger partial charge < -0.3 is 5.11 Å². The molecule has 0 atom stereocenters. The van der Waals surface area contributed by atoms with E-state index in [1.807, 2.05) is 18.2 Å². The van der Waals surface area contributed by atoms with E-state index in [1.54, 1.807) is 0 Å². The number of hydrogen-bond acceptors (Lipinski definition) is 2. The maximum absolute atomic E-state index is 10.7. The second-order valence-electron chi connectivity index (χ2n) is 4.55. The highest BCUT2D eigenvalue weighted by Gasteiger charge is 2.29. The summed E-state index contributed by atoms with van der Waals surface area (Å²) in [6.45, 7) is 1.16. The maximum atomic E-state index is 10.7. The Hall–Kier alpha value is -0.770. The molecule has 0 bridgehead atoms. The number of carbonyl (C=O) groups is 1. The van der Waals surface area contributed by atoms with Crippen LogP contribution in [0.4, 0.5) is 0 Å². The van der Waals surface area contributed by atoms with Crippen LogP contribution < -0.4 is 0 Å². The highest BCUT2D eigenvalue weighted by atomic mass is 35.5. The quantitative estimate of drug-likeness (QED) is 0.871. The lowest BCUT2D eigenvalue weighted by molar-refractivity contribution is -0.137. The number of rotatable bonds is 6. The predicted octanol–water partition coefficient (Wildman–Crippen LogP) is 3.43. The Labute approximate surface area is 116 Å². The summed E-state index contributed by atoms with van der Waals surface area (Å²) in [5.41, 5.74) is 0.887. The fourth-order valence-electron chi connectivity index (χ4n) is 1.96. The number of carboxylic acids is 1. The SMILES string of the molecule is O=C(O)CCN(Cc1c(Cl)cccc1Cl)C1CC1. The Bertz CT molecular complexity index is 426. The normalized spacial score (nSPS) is 15.1. The maximum Gasteiger partial charge on any atom is 0.304 e.